The molecule has 0 amide bonds. The van der Waals surface area contributed by atoms with Crippen LogP contribution in [0.2, 0.25) is 5.02 Å². The van der Waals surface area contributed by atoms with Crippen molar-refractivity contribution in [1.82, 2.24) is 9.78 Å². The molecule has 3 aromatic carbocycles. The quantitative estimate of drug-likeness (QED) is 0.369. The molecule has 4 rings (SSSR count). The summed E-state index contributed by atoms with van der Waals surface area (Å²) in [6.07, 6.45) is 2.00. The van der Waals surface area contributed by atoms with E-state index in [9.17, 15) is 0 Å². The van der Waals surface area contributed by atoms with Gasteiger partial charge in [-0.15, -0.1) is 0 Å². The smallest absolute Gasteiger partial charge is 0.161 e. The van der Waals surface area contributed by atoms with Gasteiger partial charge < -0.3 is 9.47 Å². The Morgan fingerprint density at radius 3 is 2.17 bits per heavy atom. The molecule has 0 spiro atoms. The van der Waals surface area contributed by atoms with E-state index in [1.807, 2.05) is 96.7 Å². The van der Waals surface area contributed by atoms with Crippen LogP contribution in [0.3, 0.4) is 0 Å². The number of rotatable bonds is 7. The number of ether oxygens (including phenoxy) is 2. The summed E-state index contributed by atoms with van der Waals surface area (Å²) in [6.45, 7) is 2.91. The third-order valence-electron chi connectivity index (χ3n) is 4.46. The predicted molar refractivity (Wildman–Crippen MR) is 116 cm³/mol. The van der Waals surface area contributed by atoms with Gasteiger partial charge in [0.25, 0.3) is 0 Å². The van der Waals surface area contributed by atoms with Gasteiger partial charge in [-0.2, -0.15) is 5.10 Å². The van der Waals surface area contributed by atoms with Gasteiger partial charge in [0.1, 0.15) is 6.61 Å². The summed E-state index contributed by atoms with van der Waals surface area (Å²) in [5.74, 6) is 1.45. The Balaban J connectivity index is 1.68. The average molecular weight is 405 g/mol. The summed E-state index contributed by atoms with van der Waals surface area (Å²) in [7, 11) is 0. The highest BCUT2D eigenvalue weighted by Gasteiger charge is 2.14. The first-order chi connectivity index (χ1) is 14.2. The third kappa shape index (κ3) is 4.44. The van der Waals surface area contributed by atoms with Gasteiger partial charge in [0.05, 0.1) is 18.0 Å². The van der Waals surface area contributed by atoms with Crippen molar-refractivity contribution in [2.24, 2.45) is 0 Å². The van der Waals surface area contributed by atoms with E-state index < -0.39 is 0 Å². The molecule has 0 unspecified atom stereocenters. The Kier molecular flexibility index (Phi) is 5.82. The second-order valence-electron chi connectivity index (χ2n) is 6.46. The molecule has 0 aliphatic carbocycles. The maximum atomic E-state index is 6.11. The first-order valence-corrected chi connectivity index (χ1v) is 9.87. The molecule has 0 N–H and O–H groups in total. The van der Waals surface area contributed by atoms with Crippen LogP contribution in [0.4, 0.5) is 0 Å². The molecule has 0 saturated heterocycles. The molecule has 0 aliphatic rings. The van der Waals surface area contributed by atoms with Crippen LogP contribution in [-0.2, 0) is 6.61 Å². The van der Waals surface area contributed by atoms with Crippen LogP contribution in [0.25, 0.3) is 16.9 Å². The molecule has 4 nitrogen and oxygen atoms in total. The van der Waals surface area contributed by atoms with Crippen molar-refractivity contribution < 1.29 is 9.47 Å². The van der Waals surface area contributed by atoms with E-state index in [2.05, 4.69) is 0 Å². The summed E-state index contributed by atoms with van der Waals surface area (Å²) in [4.78, 5) is 0. The van der Waals surface area contributed by atoms with Crippen LogP contribution < -0.4 is 9.47 Å². The van der Waals surface area contributed by atoms with Gasteiger partial charge in [-0.25, -0.2) is 4.68 Å². The Morgan fingerprint density at radius 2 is 1.48 bits per heavy atom. The number of aromatic nitrogens is 2. The Hall–Kier alpha value is -3.24. The van der Waals surface area contributed by atoms with Crippen molar-refractivity contribution >= 4 is 11.6 Å². The van der Waals surface area contributed by atoms with E-state index in [0.29, 0.717) is 24.0 Å². The molecule has 1 aromatic heterocycles. The molecule has 0 atom stereocenters. The highest BCUT2D eigenvalue weighted by molar-refractivity contribution is 6.30. The average Bonchev–Trinajstić information content (AvgIpc) is 3.19. The number of nitrogens with zero attached hydrogens (tertiary/aromatic N) is 2. The number of halogens is 1. The van der Waals surface area contributed by atoms with Gasteiger partial charge in [-0.1, -0.05) is 54.1 Å². The monoisotopic (exact) mass is 404 g/mol. The van der Waals surface area contributed by atoms with Gasteiger partial charge in [-0.3, -0.25) is 0 Å². The maximum Gasteiger partial charge on any atom is 0.161 e. The number of para-hydroxylation sites is 3. The summed E-state index contributed by atoms with van der Waals surface area (Å²) < 4.78 is 13.6. The number of hydrogen-bond acceptors (Lipinski definition) is 3. The summed E-state index contributed by atoms with van der Waals surface area (Å²) in [6, 6.07) is 25.4. The van der Waals surface area contributed by atoms with Crippen LogP contribution in [0.1, 0.15) is 12.5 Å². The lowest BCUT2D eigenvalue weighted by Crippen LogP contribution is -2.00. The van der Waals surface area contributed by atoms with Crippen LogP contribution in [-0.4, -0.2) is 16.4 Å². The molecule has 0 fully saturated rings. The lowest BCUT2D eigenvalue weighted by molar-refractivity contribution is 0.269. The van der Waals surface area contributed by atoms with Gasteiger partial charge >= 0.3 is 0 Å². The molecule has 0 bridgehead atoms. The third-order valence-corrected chi connectivity index (χ3v) is 4.71. The molecule has 4 aromatic rings. The Bertz CT molecular complexity index is 1080. The fourth-order valence-corrected chi connectivity index (χ4v) is 3.20. The second kappa shape index (κ2) is 8.84. The van der Waals surface area contributed by atoms with Crippen LogP contribution in [0.15, 0.2) is 85.1 Å². The van der Waals surface area contributed by atoms with Gasteiger partial charge in [-0.05, 0) is 43.3 Å². The van der Waals surface area contributed by atoms with E-state index in [4.69, 9.17) is 26.2 Å². The first kappa shape index (κ1) is 19.1. The van der Waals surface area contributed by atoms with E-state index in [1.54, 1.807) is 0 Å². The zero-order valence-corrected chi connectivity index (χ0v) is 16.8. The molecule has 29 heavy (non-hydrogen) atoms. The highest BCUT2D eigenvalue weighted by Crippen LogP contribution is 2.30. The second-order valence-corrected chi connectivity index (χ2v) is 6.89. The van der Waals surface area contributed by atoms with Crippen LogP contribution in [0.5, 0.6) is 11.5 Å². The normalized spacial score (nSPS) is 10.7. The Morgan fingerprint density at radius 1 is 0.828 bits per heavy atom. The molecule has 5 heteroatoms. The lowest BCUT2D eigenvalue weighted by atomic mass is 10.1. The molecular weight excluding hydrogens is 384 g/mol. The first-order valence-electron chi connectivity index (χ1n) is 9.49. The summed E-state index contributed by atoms with van der Waals surface area (Å²) in [5, 5.41) is 5.51. The zero-order valence-electron chi connectivity index (χ0n) is 16.1. The predicted octanol–water partition coefficient (Wildman–Crippen LogP) is 6.17. The lowest BCUT2D eigenvalue weighted by Gasteiger charge is -2.11. The van der Waals surface area contributed by atoms with E-state index in [0.717, 1.165) is 28.3 Å². The van der Waals surface area contributed by atoms with Crippen molar-refractivity contribution in [3.05, 3.63) is 95.6 Å². The molecule has 0 saturated carbocycles. The van der Waals surface area contributed by atoms with E-state index in [1.165, 1.54) is 0 Å². The van der Waals surface area contributed by atoms with E-state index in [-0.39, 0.29) is 0 Å². The fraction of sp³-hybridized carbons (Fsp3) is 0.125. The SMILES string of the molecule is CCOc1ccccc1OCc1cn(-c2ccccc2)nc1-c1ccc(Cl)cc1. The van der Waals surface area contributed by atoms with E-state index >= 15 is 0 Å². The van der Waals surface area contributed by atoms with Gasteiger partial charge in [0.2, 0.25) is 0 Å². The number of benzene rings is 3. The minimum absolute atomic E-state index is 0.370. The molecular formula is C24H21ClN2O2. The van der Waals surface area contributed by atoms with Crippen molar-refractivity contribution in [1.29, 1.82) is 0 Å². The van der Waals surface area contributed by atoms with Gasteiger partial charge in [0, 0.05) is 22.3 Å². The molecule has 0 radical (unpaired) electrons. The topological polar surface area (TPSA) is 36.3 Å². The highest BCUT2D eigenvalue weighted by atomic mass is 35.5. The van der Waals surface area contributed by atoms with Crippen molar-refractivity contribution in [3.8, 4) is 28.4 Å². The van der Waals surface area contributed by atoms with Crippen LogP contribution >= 0.6 is 11.6 Å². The molecule has 1 heterocycles. The summed E-state index contributed by atoms with van der Waals surface area (Å²) in [5.41, 5.74) is 3.81. The minimum atomic E-state index is 0.370. The fourth-order valence-electron chi connectivity index (χ4n) is 3.08. The van der Waals surface area contributed by atoms with Crippen molar-refractivity contribution in [2.75, 3.05) is 6.61 Å². The van der Waals surface area contributed by atoms with Crippen molar-refractivity contribution in [3.63, 3.8) is 0 Å². The van der Waals surface area contributed by atoms with Crippen molar-refractivity contribution in [2.45, 2.75) is 13.5 Å². The minimum Gasteiger partial charge on any atom is -0.490 e. The largest absolute Gasteiger partial charge is 0.490 e. The van der Waals surface area contributed by atoms with Crippen LogP contribution in [0, 0.1) is 0 Å². The summed E-state index contributed by atoms with van der Waals surface area (Å²) >= 11 is 6.06. The molecule has 0 aliphatic heterocycles. The standard InChI is InChI=1S/C24H21ClN2O2/c1-2-28-22-10-6-7-11-23(22)29-17-19-16-27(21-8-4-3-5-9-21)26-24(19)18-12-14-20(25)15-13-18/h3-16H,2,17H2,1H3. The number of hydrogen-bond donors (Lipinski definition) is 0. The maximum absolute atomic E-state index is 6.11. The zero-order chi connectivity index (χ0) is 20.1. The Labute approximate surface area is 175 Å². The van der Waals surface area contributed by atoms with Gasteiger partial charge in [0.15, 0.2) is 11.5 Å². The molecule has 146 valence electrons.